The van der Waals surface area contributed by atoms with Crippen molar-refractivity contribution in [3.05, 3.63) is 34.9 Å². The van der Waals surface area contributed by atoms with Crippen LogP contribution in [0.15, 0.2) is 18.2 Å². The molecule has 0 radical (unpaired) electrons. The molecule has 3 heteroatoms. The second kappa shape index (κ2) is 5.53. The summed E-state index contributed by atoms with van der Waals surface area (Å²) in [5.41, 5.74) is 9.13. The molecule has 1 aliphatic rings. The second-order valence-electron chi connectivity index (χ2n) is 5.22. The smallest absolute Gasteiger partial charge is 0.254 e. The molecule has 1 amide bonds. The van der Waals surface area contributed by atoms with Gasteiger partial charge < -0.3 is 10.6 Å². The number of carbonyl (C=O) groups excluding carboxylic acids is 1. The first-order valence-electron chi connectivity index (χ1n) is 6.76. The van der Waals surface area contributed by atoms with Gasteiger partial charge in [-0.25, -0.2) is 0 Å². The van der Waals surface area contributed by atoms with Crippen LogP contribution < -0.4 is 5.73 Å². The number of hydrogen-bond donors (Lipinski definition) is 1. The zero-order valence-corrected chi connectivity index (χ0v) is 11.3. The summed E-state index contributed by atoms with van der Waals surface area (Å²) >= 11 is 0. The molecular weight excluding hydrogens is 224 g/mol. The fraction of sp³-hybridized carbons (Fsp3) is 0.533. The van der Waals surface area contributed by atoms with E-state index in [0.717, 1.165) is 18.4 Å². The Morgan fingerprint density at radius 3 is 2.72 bits per heavy atom. The summed E-state index contributed by atoms with van der Waals surface area (Å²) in [6.07, 6.45) is 3.47. The first-order chi connectivity index (χ1) is 8.63. The van der Waals surface area contributed by atoms with Crippen molar-refractivity contribution in [3.63, 3.8) is 0 Å². The molecule has 18 heavy (non-hydrogen) atoms. The van der Waals surface area contributed by atoms with Gasteiger partial charge in [0, 0.05) is 24.7 Å². The van der Waals surface area contributed by atoms with Gasteiger partial charge in [-0.2, -0.15) is 0 Å². The number of hydrogen-bond acceptors (Lipinski definition) is 2. The highest BCUT2D eigenvalue weighted by Crippen LogP contribution is 2.23. The van der Waals surface area contributed by atoms with Crippen molar-refractivity contribution >= 4 is 5.91 Å². The van der Waals surface area contributed by atoms with Gasteiger partial charge in [0.2, 0.25) is 0 Å². The largest absolute Gasteiger partial charge is 0.335 e. The van der Waals surface area contributed by atoms with Crippen molar-refractivity contribution < 1.29 is 4.79 Å². The summed E-state index contributed by atoms with van der Waals surface area (Å²) in [5.74, 6) is 0.102. The molecule has 1 aromatic rings. The van der Waals surface area contributed by atoms with Crippen molar-refractivity contribution in [2.75, 3.05) is 13.1 Å². The van der Waals surface area contributed by atoms with Gasteiger partial charge in [-0.05, 0) is 56.4 Å². The summed E-state index contributed by atoms with van der Waals surface area (Å²) in [6.45, 7) is 5.18. The number of amides is 1. The van der Waals surface area contributed by atoms with E-state index in [1.165, 1.54) is 17.5 Å². The van der Waals surface area contributed by atoms with Gasteiger partial charge in [-0.3, -0.25) is 4.79 Å². The predicted octanol–water partition coefficient (Wildman–Crippen LogP) is 1.98. The third kappa shape index (κ3) is 2.56. The van der Waals surface area contributed by atoms with E-state index >= 15 is 0 Å². The molecule has 0 saturated carbocycles. The highest BCUT2D eigenvalue weighted by Gasteiger charge is 2.20. The molecular formula is C15H22N2O. The lowest BCUT2D eigenvalue weighted by Gasteiger charge is -2.26. The van der Waals surface area contributed by atoms with Crippen molar-refractivity contribution in [2.45, 2.75) is 39.2 Å². The Morgan fingerprint density at radius 2 is 2.06 bits per heavy atom. The first kappa shape index (κ1) is 13.1. The maximum Gasteiger partial charge on any atom is 0.254 e. The second-order valence-corrected chi connectivity index (χ2v) is 5.22. The van der Waals surface area contributed by atoms with Gasteiger partial charge in [0.05, 0.1) is 0 Å². The van der Waals surface area contributed by atoms with Gasteiger partial charge in [0.25, 0.3) is 5.91 Å². The highest BCUT2D eigenvalue weighted by molar-refractivity contribution is 5.94. The third-order valence-electron chi connectivity index (χ3n) is 3.60. The van der Waals surface area contributed by atoms with Crippen LogP contribution in [0.4, 0.5) is 0 Å². The standard InChI is InChI=1S/C15H22N2O/c1-11(2)17(9-8-16)15(18)14-7-6-12-4-3-5-13(12)10-14/h6-7,10-11H,3-5,8-9,16H2,1-2H3. The Hall–Kier alpha value is -1.35. The molecule has 1 aromatic carbocycles. The van der Waals surface area contributed by atoms with Crippen LogP contribution in [-0.2, 0) is 12.8 Å². The Morgan fingerprint density at radius 1 is 1.33 bits per heavy atom. The first-order valence-corrected chi connectivity index (χ1v) is 6.76. The van der Waals surface area contributed by atoms with E-state index in [4.69, 9.17) is 5.73 Å². The molecule has 0 spiro atoms. The molecule has 2 rings (SSSR count). The topological polar surface area (TPSA) is 46.3 Å². The fourth-order valence-electron chi connectivity index (χ4n) is 2.60. The Labute approximate surface area is 109 Å². The number of benzene rings is 1. The van der Waals surface area contributed by atoms with Crippen LogP contribution in [0, 0.1) is 0 Å². The molecule has 0 aromatic heterocycles. The Bertz CT molecular complexity index is 440. The van der Waals surface area contributed by atoms with E-state index in [2.05, 4.69) is 12.1 Å². The van der Waals surface area contributed by atoms with E-state index in [0.29, 0.717) is 13.1 Å². The van der Waals surface area contributed by atoms with Crippen molar-refractivity contribution in [3.8, 4) is 0 Å². The van der Waals surface area contributed by atoms with Gasteiger partial charge in [0.15, 0.2) is 0 Å². The maximum atomic E-state index is 12.4. The minimum absolute atomic E-state index is 0.102. The number of carbonyl (C=O) groups is 1. The molecule has 0 fully saturated rings. The van der Waals surface area contributed by atoms with E-state index in [1.54, 1.807) is 0 Å². The molecule has 0 bridgehead atoms. The molecule has 0 atom stereocenters. The van der Waals surface area contributed by atoms with Crippen LogP contribution in [-0.4, -0.2) is 29.9 Å². The van der Waals surface area contributed by atoms with E-state index in [1.807, 2.05) is 24.8 Å². The quantitative estimate of drug-likeness (QED) is 0.883. The van der Waals surface area contributed by atoms with Crippen molar-refractivity contribution in [1.29, 1.82) is 0 Å². The molecule has 3 nitrogen and oxygen atoms in total. The third-order valence-corrected chi connectivity index (χ3v) is 3.60. The minimum Gasteiger partial charge on any atom is -0.335 e. The van der Waals surface area contributed by atoms with Gasteiger partial charge in [0.1, 0.15) is 0 Å². The zero-order chi connectivity index (χ0) is 13.1. The Balaban J connectivity index is 2.22. The number of fused-ring (bicyclic) bond motifs is 1. The van der Waals surface area contributed by atoms with Crippen LogP contribution in [0.1, 0.15) is 41.8 Å². The lowest BCUT2D eigenvalue weighted by atomic mass is 10.1. The van der Waals surface area contributed by atoms with Crippen LogP contribution in [0.25, 0.3) is 0 Å². The van der Waals surface area contributed by atoms with Gasteiger partial charge in [-0.15, -0.1) is 0 Å². The van der Waals surface area contributed by atoms with Crippen LogP contribution >= 0.6 is 0 Å². The van der Waals surface area contributed by atoms with E-state index < -0.39 is 0 Å². The lowest BCUT2D eigenvalue weighted by Crippen LogP contribution is -2.40. The summed E-state index contributed by atoms with van der Waals surface area (Å²) in [4.78, 5) is 14.3. The number of nitrogens with zero attached hydrogens (tertiary/aromatic N) is 1. The van der Waals surface area contributed by atoms with E-state index in [9.17, 15) is 4.79 Å². The average molecular weight is 246 g/mol. The molecule has 1 aliphatic carbocycles. The monoisotopic (exact) mass is 246 g/mol. The molecule has 98 valence electrons. The minimum atomic E-state index is 0.102. The summed E-state index contributed by atoms with van der Waals surface area (Å²) in [5, 5.41) is 0. The fourth-order valence-corrected chi connectivity index (χ4v) is 2.60. The Kier molecular flexibility index (Phi) is 4.02. The van der Waals surface area contributed by atoms with Crippen LogP contribution in [0.3, 0.4) is 0 Å². The molecule has 0 heterocycles. The van der Waals surface area contributed by atoms with Crippen LogP contribution in [0.5, 0.6) is 0 Å². The summed E-state index contributed by atoms with van der Waals surface area (Å²) in [7, 11) is 0. The molecule has 0 aliphatic heterocycles. The molecule has 0 unspecified atom stereocenters. The maximum absolute atomic E-state index is 12.4. The molecule has 0 saturated heterocycles. The number of nitrogens with two attached hydrogens (primary N) is 1. The summed E-state index contributed by atoms with van der Waals surface area (Å²) in [6, 6.07) is 6.32. The SMILES string of the molecule is CC(C)N(CCN)C(=O)c1ccc2c(c1)CCC2. The van der Waals surface area contributed by atoms with Gasteiger partial charge in [-0.1, -0.05) is 6.07 Å². The van der Waals surface area contributed by atoms with E-state index in [-0.39, 0.29) is 11.9 Å². The normalized spacial score (nSPS) is 13.8. The predicted molar refractivity (Wildman–Crippen MR) is 73.7 cm³/mol. The highest BCUT2D eigenvalue weighted by atomic mass is 16.2. The van der Waals surface area contributed by atoms with Crippen LogP contribution in [0.2, 0.25) is 0 Å². The van der Waals surface area contributed by atoms with Gasteiger partial charge >= 0.3 is 0 Å². The van der Waals surface area contributed by atoms with Crippen molar-refractivity contribution in [2.24, 2.45) is 5.73 Å². The summed E-state index contributed by atoms with van der Waals surface area (Å²) < 4.78 is 0. The average Bonchev–Trinajstić information content (AvgIpc) is 2.81. The number of aryl methyl sites for hydroxylation is 2. The number of rotatable bonds is 4. The molecule has 2 N–H and O–H groups in total. The van der Waals surface area contributed by atoms with Crippen molar-refractivity contribution in [1.82, 2.24) is 4.90 Å². The lowest BCUT2D eigenvalue weighted by molar-refractivity contribution is 0.0712. The zero-order valence-electron chi connectivity index (χ0n) is 11.3.